The number of hydrogen-bond acceptors (Lipinski definition) is 8. The van der Waals surface area contributed by atoms with Gasteiger partial charge in [0.2, 0.25) is 5.95 Å². The van der Waals surface area contributed by atoms with E-state index in [9.17, 15) is 0 Å². The maximum atomic E-state index is 5.59. The molecular formula is C20H21N5O3. The third kappa shape index (κ3) is 4.40. The summed E-state index contributed by atoms with van der Waals surface area (Å²) in [5.74, 6) is 3.36. The number of anilines is 3. The first-order valence-corrected chi connectivity index (χ1v) is 9.03. The van der Waals surface area contributed by atoms with E-state index in [0.29, 0.717) is 30.7 Å². The second kappa shape index (κ2) is 8.43. The average molecular weight is 379 g/mol. The fourth-order valence-corrected chi connectivity index (χ4v) is 2.85. The molecule has 0 saturated carbocycles. The van der Waals surface area contributed by atoms with Gasteiger partial charge in [-0.1, -0.05) is 12.1 Å². The number of nitrogens with one attached hydrogen (secondary N) is 2. The number of hydrogen-bond donors (Lipinski definition) is 2. The van der Waals surface area contributed by atoms with E-state index < -0.39 is 0 Å². The molecule has 4 rings (SSSR count). The van der Waals surface area contributed by atoms with Gasteiger partial charge < -0.3 is 24.8 Å². The normalized spacial score (nSPS) is 12.3. The summed E-state index contributed by atoms with van der Waals surface area (Å²) in [4.78, 5) is 4.45. The van der Waals surface area contributed by atoms with Crippen molar-refractivity contribution in [2.75, 3.05) is 37.5 Å². The smallest absolute Gasteiger partial charge is 0.249 e. The van der Waals surface area contributed by atoms with Gasteiger partial charge in [-0.3, -0.25) is 0 Å². The Hall–Kier alpha value is -3.55. The first-order chi connectivity index (χ1) is 13.8. The third-order valence-electron chi connectivity index (χ3n) is 4.21. The van der Waals surface area contributed by atoms with E-state index in [1.165, 1.54) is 5.56 Å². The van der Waals surface area contributed by atoms with Crippen molar-refractivity contribution in [1.29, 1.82) is 0 Å². The molecule has 1 aliphatic rings. The van der Waals surface area contributed by atoms with E-state index in [-0.39, 0.29) is 0 Å². The minimum Gasteiger partial charge on any atom is -0.497 e. The minimum absolute atomic E-state index is 0.406. The maximum Gasteiger partial charge on any atom is 0.249 e. The van der Waals surface area contributed by atoms with Gasteiger partial charge in [0.05, 0.1) is 13.3 Å². The van der Waals surface area contributed by atoms with Crippen molar-refractivity contribution in [2.24, 2.45) is 0 Å². The Balaban J connectivity index is 1.36. The van der Waals surface area contributed by atoms with Crippen molar-refractivity contribution < 1.29 is 14.2 Å². The highest BCUT2D eigenvalue weighted by Gasteiger charge is 2.12. The summed E-state index contributed by atoms with van der Waals surface area (Å²) >= 11 is 0. The van der Waals surface area contributed by atoms with Crippen LogP contribution in [0.5, 0.6) is 17.2 Å². The molecule has 0 fully saturated rings. The number of benzene rings is 2. The average Bonchev–Trinajstić information content (AvgIpc) is 2.74. The van der Waals surface area contributed by atoms with Crippen LogP contribution in [0.3, 0.4) is 0 Å². The van der Waals surface area contributed by atoms with E-state index >= 15 is 0 Å². The highest BCUT2D eigenvalue weighted by atomic mass is 16.6. The predicted octanol–water partition coefficient (Wildman–Crippen LogP) is 3.05. The van der Waals surface area contributed by atoms with Crippen LogP contribution >= 0.6 is 0 Å². The van der Waals surface area contributed by atoms with Crippen LogP contribution in [0.1, 0.15) is 5.56 Å². The second-order valence-corrected chi connectivity index (χ2v) is 6.18. The molecule has 2 N–H and O–H groups in total. The van der Waals surface area contributed by atoms with Gasteiger partial charge in [-0.2, -0.15) is 10.1 Å². The Morgan fingerprint density at radius 1 is 1.07 bits per heavy atom. The zero-order chi connectivity index (χ0) is 19.2. The molecule has 2 aromatic carbocycles. The van der Waals surface area contributed by atoms with E-state index in [4.69, 9.17) is 14.2 Å². The van der Waals surface area contributed by atoms with Crippen molar-refractivity contribution >= 4 is 17.5 Å². The Morgan fingerprint density at radius 2 is 1.96 bits per heavy atom. The van der Waals surface area contributed by atoms with Crippen LogP contribution in [-0.2, 0) is 6.42 Å². The molecule has 8 heteroatoms. The van der Waals surface area contributed by atoms with Gasteiger partial charge in [0.15, 0.2) is 17.3 Å². The van der Waals surface area contributed by atoms with Crippen molar-refractivity contribution in [1.82, 2.24) is 15.2 Å². The number of rotatable bonds is 7. The molecule has 1 aliphatic heterocycles. The molecule has 2 heterocycles. The highest BCUT2D eigenvalue weighted by molar-refractivity contribution is 5.60. The monoisotopic (exact) mass is 379 g/mol. The summed E-state index contributed by atoms with van der Waals surface area (Å²) in [6.45, 7) is 1.83. The predicted molar refractivity (Wildman–Crippen MR) is 106 cm³/mol. The van der Waals surface area contributed by atoms with Gasteiger partial charge in [-0.15, -0.1) is 5.10 Å². The number of fused-ring (bicyclic) bond motifs is 1. The van der Waals surface area contributed by atoms with Crippen LogP contribution < -0.4 is 24.8 Å². The number of methoxy groups -OCH3 is 1. The summed E-state index contributed by atoms with van der Waals surface area (Å²) in [6, 6.07) is 13.6. The summed E-state index contributed by atoms with van der Waals surface area (Å²) in [6.07, 6.45) is 2.44. The first-order valence-electron chi connectivity index (χ1n) is 9.03. The molecule has 144 valence electrons. The van der Waals surface area contributed by atoms with E-state index in [1.54, 1.807) is 13.3 Å². The molecule has 3 aromatic rings. The van der Waals surface area contributed by atoms with Crippen molar-refractivity contribution in [2.45, 2.75) is 6.42 Å². The lowest BCUT2D eigenvalue weighted by molar-refractivity contribution is 0.171. The standard InChI is InChI=1S/C20H21N5O3/c1-26-16-4-2-3-14(11-16)7-8-21-19-13-22-25-20(24-19)23-15-5-6-17-18(12-15)28-10-9-27-17/h2-6,11-13H,7-10H2,1H3,(H2,21,23,24,25). The molecule has 0 atom stereocenters. The Bertz CT molecular complexity index is 951. The minimum atomic E-state index is 0.406. The zero-order valence-electron chi connectivity index (χ0n) is 15.5. The second-order valence-electron chi connectivity index (χ2n) is 6.18. The van der Waals surface area contributed by atoms with Gasteiger partial charge >= 0.3 is 0 Å². The molecule has 0 aliphatic carbocycles. The van der Waals surface area contributed by atoms with Crippen LogP contribution in [0.25, 0.3) is 0 Å². The fraction of sp³-hybridized carbons (Fsp3) is 0.250. The van der Waals surface area contributed by atoms with Gasteiger partial charge in [0.25, 0.3) is 0 Å². The zero-order valence-corrected chi connectivity index (χ0v) is 15.5. The largest absolute Gasteiger partial charge is 0.497 e. The molecule has 0 bridgehead atoms. The van der Waals surface area contributed by atoms with Gasteiger partial charge in [-0.25, -0.2) is 0 Å². The summed E-state index contributed by atoms with van der Waals surface area (Å²) in [7, 11) is 1.67. The van der Waals surface area contributed by atoms with Crippen LogP contribution in [0.4, 0.5) is 17.5 Å². The summed E-state index contributed by atoms with van der Waals surface area (Å²) in [5.41, 5.74) is 1.99. The Labute approximate surface area is 162 Å². The van der Waals surface area contributed by atoms with Crippen molar-refractivity contribution in [3.8, 4) is 17.2 Å². The SMILES string of the molecule is COc1cccc(CCNc2cnnc(Nc3ccc4c(c3)OCCO4)n2)c1. The number of nitrogens with zero attached hydrogens (tertiary/aromatic N) is 3. The first kappa shape index (κ1) is 17.8. The molecule has 0 unspecified atom stereocenters. The molecule has 1 aromatic heterocycles. The molecule has 0 radical (unpaired) electrons. The van der Waals surface area contributed by atoms with E-state index in [1.807, 2.05) is 36.4 Å². The van der Waals surface area contributed by atoms with E-state index in [2.05, 4.69) is 31.9 Å². The highest BCUT2D eigenvalue weighted by Crippen LogP contribution is 2.33. The van der Waals surface area contributed by atoms with Crippen LogP contribution in [0, 0.1) is 0 Å². The summed E-state index contributed by atoms with van der Waals surface area (Å²) < 4.78 is 16.4. The van der Waals surface area contributed by atoms with Crippen molar-refractivity contribution in [3.63, 3.8) is 0 Å². The van der Waals surface area contributed by atoms with Crippen LogP contribution in [0.2, 0.25) is 0 Å². The molecular weight excluding hydrogens is 358 g/mol. The quantitative estimate of drug-likeness (QED) is 0.647. The molecule has 28 heavy (non-hydrogen) atoms. The lowest BCUT2D eigenvalue weighted by Crippen LogP contribution is -2.15. The van der Waals surface area contributed by atoms with Crippen LogP contribution in [0.15, 0.2) is 48.7 Å². The van der Waals surface area contributed by atoms with E-state index in [0.717, 1.165) is 30.2 Å². The third-order valence-corrected chi connectivity index (χ3v) is 4.21. The van der Waals surface area contributed by atoms with Gasteiger partial charge in [-0.05, 0) is 36.2 Å². The summed E-state index contributed by atoms with van der Waals surface area (Å²) in [5, 5.41) is 14.5. The van der Waals surface area contributed by atoms with Crippen LogP contribution in [-0.4, -0.2) is 42.0 Å². The fourth-order valence-electron chi connectivity index (χ4n) is 2.85. The topological polar surface area (TPSA) is 90.4 Å². The van der Waals surface area contributed by atoms with Gasteiger partial charge in [0.1, 0.15) is 19.0 Å². The number of aromatic nitrogens is 3. The number of ether oxygens (including phenoxy) is 3. The molecule has 0 saturated heterocycles. The van der Waals surface area contributed by atoms with Crippen molar-refractivity contribution in [3.05, 3.63) is 54.2 Å². The maximum absolute atomic E-state index is 5.59. The Morgan fingerprint density at radius 3 is 2.86 bits per heavy atom. The van der Waals surface area contributed by atoms with Gasteiger partial charge in [0, 0.05) is 18.3 Å². The Kier molecular flexibility index (Phi) is 5.37. The lowest BCUT2D eigenvalue weighted by atomic mass is 10.1. The molecule has 0 spiro atoms. The molecule has 8 nitrogen and oxygen atoms in total. The molecule has 0 amide bonds. The lowest BCUT2D eigenvalue weighted by Gasteiger charge is -2.19.